The maximum atomic E-state index is 5.40. The van der Waals surface area contributed by atoms with Crippen LogP contribution in [0.2, 0.25) is 0 Å². The van der Waals surface area contributed by atoms with E-state index < -0.39 is 0 Å². The number of nitrogens with zero attached hydrogens (tertiary/aromatic N) is 6. The van der Waals surface area contributed by atoms with E-state index in [9.17, 15) is 0 Å². The number of hydrogen-bond acceptors (Lipinski definition) is 3. The highest BCUT2D eigenvalue weighted by Gasteiger charge is 2.23. The van der Waals surface area contributed by atoms with Gasteiger partial charge in [-0.05, 0) is 114 Å². The predicted molar refractivity (Wildman–Crippen MR) is 211 cm³/mol. The topological polar surface area (TPSA) is 53.5 Å². The highest BCUT2D eigenvalue weighted by atomic mass is 15.3. The molecule has 0 unspecified atom stereocenters. The summed E-state index contributed by atoms with van der Waals surface area (Å²) in [5.74, 6) is 1.73. The summed E-state index contributed by atoms with van der Waals surface area (Å²) in [5, 5.41) is 7.10. The summed E-state index contributed by atoms with van der Waals surface area (Å²) in [7, 11) is 0. The van der Waals surface area contributed by atoms with E-state index in [1.807, 2.05) is 0 Å². The lowest BCUT2D eigenvalue weighted by atomic mass is 10.1. The fourth-order valence-electron chi connectivity index (χ4n) is 8.04. The molecule has 246 valence electrons. The Kier molecular flexibility index (Phi) is 6.17. The van der Waals surface area contributed by atoms with E-state index in [2.05, 4.69) is 164 Å². The van der Waals surface area contributed by atoms with Gasteiger partial charge in [0.05, 0.1) is 33.1 Å². The van der Waals surface area contributed by atoms with Crippen LogP contribution in [0.4, 0.5) is 0 Å². The molecule has 0 spiro atoms. The van der Waals surface area contributed by atoms with E-state index in [1.54, 1.807) is 0 Å². The zero-order valence-corrected chi connectivity index (χ0v) is 29.6. The lowest BCUT2D eigenvalue weighted by molar-refractivity contribution is 0.847. The zero-order valence-electron chi connectivity index (χ0n) is 29.6. The minimum absolute atomic E-state index is 0.575. The number of aromatic nitrogens is 6. The van der Waals surface area contributed by atoms with Crippen molar-refractivity contribution in [2.24, 2.45) is 0 Å². The minimum atomic E-state index is 0.575. The molecule has 0 amide bonds. The Labute approximate surface area is 295 Å². The van der Waals surface area contributed by atoms with Crippen molar-refractivity contribution in [2.75, 3.05) is 0 Å². The predicted octanol–water partition coefficient (Wildman–Crippen LogP) is 11.0. The van der Waals surface area contributed by atoms with Crippen molar-refractivity contribution in [1.29, 1.82) is 0 Å². The van der Waals surface area contributed by atoms with Crippen LogP contribution >= 0.6 is 0 Å². The first-order chi connectivity index (χ1) is 24.7. The molecule has 6 heteroatoms. The van der Waals surface area contributed by atoms with Crippen molar-refractivity contribution in [3.8, 4) is 17.8 Å². The highest BCUT2D eigenvalue weighted by molar-refractivity contribution is 6.11. The van der Waals surface area contributed by atoms with E-state index in [1.165, 1.54) is 65.7 Å². The first kappa shape index (κ1) is 29.6. The standard InChI is InChI=1S/C45H36N6/c1-25-7-13-37-31(19-25)32-20-26(2)8-14-38(32)49(37)43-46-44(50-39-15-9-27(3)21-33(39)34-22-28(4)10-16-40(34)50)48-45(47-43)51-41-17-11-29(5)23-35(41)36-24-30(6)12-18-42(36)51/h7-24H,1-6H3. The van der Waals surface area contributed by atoms with Crippen LogP contribution < -0.4 is 0 Å². The second-order valence-electron chi connectivity index (χ2n) is 14.4. The first-order valence-electron chi connectivity index (χ1n) is 17.5. The molecule has 4 heterocycles. The molecular weight excluding hydrogens is 625 g/mol. The third-order valence-electron chi connectivity index (χ3n) is 10.4. The Balaban J connectivity index is 1.38. The van der Waals surface area contributed by atoms with E-state index in [-0.39, 0.29) is 0 Å². The Morgan fingerprint density at radius 1 is 0.275 bits per heavy atom. The Bertz CT molecular complexity index is 2580. The lowest BCUT2D eigenvalue weighted by Crippen LogP contribution is -2.13. The van der Waals surface area contributed by atoms with Crippen molar-refractivity contribution in [1.82, 2.24) is 28.7 Å². The third-order valence-corrected chi connectivity index (χ3v) is 10.4. The third kappa shape index (κ3) is 4.39. The molecule has 0 saturated heterocycles. The molecule has 10 rings (SSSR count). The van der Waals surface area contributed by atoms with Gasteiger partial charge in [-0.2, -0.15) is 15.0 Å². The molecule has 0 atom stereocenters. The average Bonchev–Trinajstić information content (AvgIpc) is 3.72. The smallest absolute Gasteiger partial charge is 0.241 e. The molecule has 0 fully saturated rings. The van der Waals surface area contributed by atoms with Crippen molar-refractivity contribution in [3.05, 3.63) is 143 Å². The number of hydrogen-bond donors (Lipinski definition) is 0. The number of rotatable bonds is 3. The van der Waals surface area contributed by atoms with E-state index in [0.29, 0.717) is 17.8 Å². The van der Waals surface area contributed by atoms with Gasteiger partial charge in [-0.25, -0.2) is 0 Å². The van der Waals surface area contributed by atoms with Gasteiger partial charge in [0.1, 0.15) is 0 Å². The second-order valence-corrected chi connectivity index (χ2v) is 14.4. The second kappa shape index (κ2) is 10.6. The van der Waals surface area contributed by atoms with Crippen LogP contribution in [0.1, 0.15) is 33.4 Å². The van der Waals surface area contributed by atoms with E-state index in [4.69, 9.17) is 15.0 Å². The summed E-state index contributed by atoms with van der Waals surface area (Å²) in [6.45, 7) is 12.9. The van der Waals surface area contributed by atoms with Crippen molar-refractivity contribution < 1.29 is 0 Å². The average molecular weight is 661 g/mol. The quantitative estimate of drug-likeness (QED) is 0.189. The van der Waals surface area contributed by atoms with Crippen molar-refractivity contribution in [3.63, 3.8) is 0 Å². The Morgan fingerprint density at radius 3 is 0.627 bits per heavy atom. The van der Waals surface area contributed by atoms with Gasteiger partial charge in [0, 0.05) is 32.3 Å². The summed E-state index contributed by atoms with van der Waals surface area (Å²) >= 11 is 0. The number of aryl methyl sites for hydroxylation is 6. The minimum Gasteiger partial charge on any atom is -0.278 e. The van der Waals surface area contributed by atoms with Crippen LogP contribution in [-0.4, -0.2) is 28.7 Å². The molecule has 0 aliphatic carbocycles. The number of fused-ring (bicyclic) bond motifs is 9. The largest absolute Gasteiger partial charge is 0.278 e. The molecule has 51 heavy (non-hydrogen) atoms. The molecule has 6 nitrogen and oxygen atoms in total. The van der Waals surface area contributed by atoms with Gasteiger partial charge in [0.15, 0.2) is 0 Å². The molecule has 0 bridgehead atoms. The van der Waals surface area contributed by atoms with E-state index in [0.717, 1.165) is 33.1 Å². The molecule has 4 aromatic heterocycles. The normalized spacial score (nSPS) is 12.1. The van der Waals surface area contributed by atoms with Crippen LogP contribution in [0.3, 0.4) is 0 Å². The van der Waals surface area contributed by atoms with Gasteiger partial charge in [-0.1, -0.05) is 69.8 Å². The molecule has 0 radical (unpaired) electrons. The van der Waals surface area contributed by atoms with Crippen molar-refractivity contribution >= 4 is 65.4 Å². The summed E-state index contributed by atoms with van der Waals surface area (Å²) in [6, 6.07) is 39.8. The van der Waals surface area contributed by atoms with Crippen LogP contribution in [0, 0.1) is 41.5 Å². The summed E-state index contributed by atoms with van der Waals surface area (Å²) in [6.07, 6.45) is 0. The maximum Gasteiger partial charge on any atom is 0.241 e. The summed E-state index contributed by atoms with van der Waals surface area (Å²) < 4.78 is 6.63. The van der Waals surface area contributed by atoms with Gasteiger partial charge in [0.2, 0.25) is 17.8 Å². The lowest BCUT2D eigenvalue weighted by Gasteiger charge is -2.14. The maximum absolute atomic E-state index is 5.40. The van der Waals surface area contributed by atoms with Gasteiger partial charge in [-0.3, -0.25) is 13.7 Å². The SMILES string of the molecule is Cc1ccc2c(c1)c1cc(C)ccc1n2-c1nc(-n2c3ccc(C)cc3c3cc(C)ccc32)nc(-n2c3ccc(C)cc3c3cc(C)ccc32)n1. The number of benzene rings is 6. The van der Waals surface area contributed by atoms with E-state index >= 15 is 0 Å². The fraction of sp³-hybridized carbons (Fsp3) is 0.133. The molecule has 0 aliphatic heterocycles. The highest BCUT2D eigenvalue weighted by Crippen LogP contribution is 2.37. The monoisotopic (exact) mass is 660 g/mol. The molecule has 10 aromatic rings. The summed E-state index contributed by atoms with van der Waals surface area (Å²) in [5.41, 5.74) is 13.7. The molecule has 0 saturated carbocycles. The molecule has 0 aliphatic rings. The summed E-state index contributed by atoms with van der Waals surface area (Å²) in [4.78, 5) is 16.2. The Morgan fingerprint density at radius 2 is 0.451 bits per heavy atom. The van der Waals surface area contributed by atoms with Crippen molar-refractivity contribution in [2.45, 2.75) is 41.5 Å². The Hall–Kier alpha value is -6.27. The van der Waals surface area contributed by atoms with Gasteiger partial charge >= 0.3 is 0 Å². The zero-order chi connectivity index (χ0) is 34.7. The molecule has 0 N–H and O–H groups in total. The van der Waals surface area contributed by atoms with Crippen LogP contribution in [0.15, 0.2) is 109 Å². The molecular formula is C45H36N6. The van der Waals surface area contributed by atoms with Gasteiger partial charge < -0.3 is 0 Å². The van der Waals surface area contributed by atoms with Gasteiger partial charge in [-0.15, -0.1) is 0 Å². The first-order valence-corrected chi connectivity index (χ1v) is 17.5. The van der Waals surface area contributed by atoms with Crippen LogP contribution in [0.5, 0.6) is 0 Å². The van der Waals surface area contributed by atoms with Crippen LogP contribution in [0.25, 0.3) is 83.3 Å². The molecule has 6 aromatic carbocycles. The van der Waals surface area contributed by atoms with Crippen LogP contribution in [-0.2, 0) is 0 Å². The fourth-order valence-corrected chi connectivity index (χ4v) is 8.04. The van der Waals surface area contributed by atoms with Gasteiger partial charge in [0.25, 0.3) is 0 Å².